The van der Waals surface area contributed by atoms with E-state index in [1.807, 2.05) is 0 Å². The first-order valence-electron chi connectivity index (χ1n) is 6.58. The van der Waals surface area contributed by atoms with Gasteiger partial charge in [0.25, 0.3) is 0 Å². The van der Waals surface area contributed by atoms with Crippen LogP contribution in [0.4, 0.5) is 0 Å². The molecule has 0 radical (unpaired) electrons. The largest absolute Gasteiger partial charge is 0.327 e. The van der Waals surface area contributed by atoms with Crippen LogP contribution in [0.15, 0.2) is 0 Å². The lowest BCUT2D eigenvalue weighted by Crippen LogP contribution is -2.43. The number of nitrogens with two attached hydrogens (primary N) is 1. The van der Waals surface area contributed by atoms with Crippen molar-refractivity contribution in [2.45, 2.75) is 32.2 Å². The number of rotatable bonds is 5. The molecule has 0 aromatic heterocycles. The molecule has 1 fully saturated rings. The predicted octanol–water partition coefficient (Wildman–Crippen LogP) is 1.24. The van der Waals surface area contributed by atoms with Crippen molar-refractivity contribution in [3.63, 3.8) is 0 Å². The quantitative estimate of drug-likeness (QED) is 0.767. The summed E-state index contributed by atoms with van der Waals surface area (Å²) in [5, 5.41) is 0. The molecule has 3 nitrogen and oxygen atoms in total. The van der Waals surface area contributed by atoms with Gasteiger partial charge in [0.1, 0.15) is 0 Å². The fourth-order valence-electron chi connectivity index (χ4n) is 2.59. The van der Waals surface area contributed by atoms with Crippen LogP contribution in [0.25, 0.3) is 0 Å². The third-order valence-corrected chi connectivity index (χ3v) is 3.78. The van der Waals surface area contributed by atoms with Crippen LogP contribution in [0, 0.1) is 11.8 Å². The topological polar surface area (TPSA) is 32.5 Å². The SMILES string of the molecule is CC1CCC(N)C(CN(C)CCN(C)C)C1. The highest BCUT2D eigenvalue weighted by Crippen LogP contribution is 2.28. The molecule has 1 rings (SSSR count). The number of likely N-dealkylation sites (N-methyl/N-ethyl adjacent to an activating group) is 2. The summed E-state index contributed by atoms with van der Waals surface area (Å²) in [6, 6.07) is 0.429. The van der Waals surface area contributed by atoms with E-state index in [0.717, 1.165) is 19.0 Å². The van der Waals surface area contributed by atoms with Gasteiger partial charge in [-0.1, -0.05) is 6.92 Å². The van der Waals surface area contributed by atoms with Gasteiger partial charge in [-0.2, -0.15) is 0 Å². The minimum absolute atomic E-state index is 0.429. The van der Waals surface area contributed by atoms with Crippen molar-refractivity contribution in [1.29, 1.82) is 0 Å². The Morgan fingerprint density at radius 1 is 1.12 bits per heavy atom. The van der Waals surface area contributed by atoms with Gasteiger partial charge in [-0.3, -0.25) is 0 Å². The second-order valence-electron chi connectivity index (χ2n) is 5.91. The van der Waals surface area contributed by atoms with E-state index in [1.165, 1.54) is 25.8 Å². The Hall–Kier alpha value is -0.120. The predicted molar refractivity (Wildman–Crippen MR) is 70.5 cm³/mol. The van der Waals surface area contributed by atoms with Crippen LogP contribution in [0.5, 0.6) is 0 Å². The van der Waals surface area contributed by atoms with Gasteiger partial charge in [0, 0.05) is 25.7 Å². The number of nitrogens with zero attached hydrogens (tertiary/aromatic N) is 2. The zero-order valence-electron chi connectivity index (χ0n) is 11.4. The summed E-state index contributed by atoms with van der Waals surface area (Å²) in [5.41, 5.74) is 6.21. The van der Waals surface area contributed by atoms with Gasteiger partial charge >= 0.3 is 0 Å². The number of hydrogen-bond donors (Lipinski definition) is 1. The second-order valence-corrected chi connectivity index (χ2v) is 5.91. The van der Waals surface area contributed by atoms with Gasteiger partial charge in [0.05, 0.1) is 0 Å². The van der Waals surface area contributed by atoms with E-state index in [1.54, 1.807) is 0 Å². The highest BCUT2D eigenvalue weighted by atomic mass is 15.1. The molecule has 1 saturated carbocycles. The second kappa shape index (κ2) is 6.58. The maximum Gasteiger partial charge on any atom is 0.0106 e. The van der Waals surface area contributed by atoms with Crippen LogP contribution in [-0.4, -0.2) is 56.6 Å². The Labute approximate surface area is 101 Å². The van der Waals surface area contributed by atoms with Crippen molar-refractivity contribution in [2.75, 3.05) is 40.8 Å². The molecule has 96 valence electrons. The third kappa shape index (κ3) is 4.81. The van der Waals surface area contributed by atoms with E-state index in [-0.39, 0.29) is 0 Å². The van der Waals surface area contributed by atoms with E-state index >= 15 is 0 Å². The van der Waals surface area contributed by atoms with Gasteiger partial charge in [0.15, 0.2) is 0 Å². The van der Waals surface area contributed by atoms with Crippen LogP contribution in [0.3, 0.4) is 0 Å². The third-order valence-electron chi connectivity index (χ3n) is 3.78. The van der Waals surface area contributed by atoms with Crippen molar-refractivity contribution in [2.24, 2.45) is 17.6 Å². The molecule has 3 heteroatoms. The molecular formula is C13H29N3. The van der Waals surface area contributed by atoms with Gasteiger partial charge in [-0.05, 0) is 52.2 Å². The zero-order valence-corrected chi connectivity index (χ0v) is 11.4. The van der Waals surface area contributed by atoms with Crippen LogP contribution in [0.2, 0.25) is 0 Å². The van der Waals surface area contributed by atoms with Gasteiger partial charge < -0.3 is 15.5 Å². The van der Waals surface area contributed by atoms with Crippen molar-refractivity contribution in [1.82, 2.24) is 9.80 Å². The summed E-state index contributed by atoms with van der Waals surface area (Å²) in [6.45, 7) is 5.80. The molecule has 0 bridgehead atoms. The molecule has 16 heavy (non-hydrogen) atoms. The fraction of sp³-hybridized carbons (Fsp3) is 1.00. The Bertz CT molecular complexity index is 194. The molecule has 0 amide bonds. The lowest BCUT2D eigenvalue weighted by Gasteiger charge is -2.35. The normalized spacial score (nSPS) is 31.3. The standard InChI is InChI=1S/C13H29N3/c1-11-5-6-13(14)12(9-11)10-16(4)8-7-15(2)3/h11-13H,5-10,14H2,1-4H3. The van der Waals surface area contributed by atoms with Crippen LogP contribution in [-0.2, 0) is 0 Å². The molecule has 3 atom stereocenters. The molecule has 3 unspecified atom stereocenters. The molecule has 0 heterocycles. The summed E-state index contributed by atoms with van der Waals surface area (Å²) in [6.07, 6.45) is 3.85. The Kier molecular flexibility index (Phi) is 5.73. The molecule has 0 aliphatic heterocycles. The summed E-state index contributed by atoms with van der Waals surface area (Å²) in [7, 11) is 6.47. The average molecular weight is 227 g/mol. The Morgan fingerprint density at radius 3 is 2.44 bits per heavy atom. The van der Waals surface area contributed by atoms with Crippen molar-refractivity contribution >= 4 is 0 Å². The van der Waals surface area contributed by atoms with E-state index in [4.69, 9.17) is 5.73 Å². The van der Waals surface area contributed by atoms with E-state index in [9.17, 15) is 0 Å². The Balaban J connectivity index is 2.28. The first-order valence-corrected chi connectivity index (χ1v) is 6.58. The van der Waals surface area contributed by atoms with E-state index < -0.39 is 0 Å². The fourth-order valence-corrected chi connectivity index (χ4v) is 2.59. The first kappa shape index (κ1) is 13.9. The lowest BCUT2D eigenvalue weighted by molar-refractivity contribution is 0.173. The Morgan fingerprint density at radius 2 is 1.81 bits per heavy atom. The highest BCUT2D eigenvalue weighted by molar-refractivity contribution is 4.82. The van der Waals surface area contributed by atoms with Gasteiger partial charge in [0.2, 0.25) is 0 Å². The van der Waals surface area contributed by atoms with Crippen molar-refractivity contribution < 1.29 is 0 Å². The highest BCUT2D eigenvalue weighted by Gasteiger charge is 2.26. The van der Waals surface area contributed by atoms with E-state index in [2.05, 4.69) is 37.9 Å². The molecule has 1 aliphatic carbocycles. The maximum atomic E-state index is 6.21. The van der Waals surface area contributed by atoms with Gasteiger partial charge in [-0.15, -0.1) is 0 Å². The molecule has 0 aromatic carbocycles. The summed E-state index contributed by atoms with van der Waals surface area (Å²) in [5.74, 6) is 1.57. The monoisotopic (exact) mass is 227 g/mol. The smallest absolute Gasteiger partial charge is 0.0106 e. The first-order chi connectivity index (χ1) is 7.49. The minimum Gasteiger partial charge on any atom is -0.327 e. The molecule has 0 saturated heterocycles. The minimum atomic E-state index is 0.429. The van der Waals surface area contributed by atoms with Gasteiger partial charge in [-0.25, -0.2) is 0 Å². The van der Waals surface area contributed by atoms with E-state index in [0.29, 0.717) is 12.0 Å². The average Bonchev–Trinajstić information content (AvgIpc) is 2.20. The van der Waals surface area contributed by atoms with Crippen LogP contribution >= 0.6 is 0 Å². The summed E-state index contributed by atoms with van der Waals surface area (Å²) >= 11 is 0. The molecule has 0 spiro atoms. The lowest BCUT2D eigenvalue weighted by atomic mass is 9.79. The maximum absolute atomic E-state index is 6.21. The van der Waals surface area contributed by atoms with Crippen molar-refractivity contribution in [3.05, 3.63) is 0 Å². The van der Waals surface area contributed by atoms with Crippen molar-refractivity contribution in [3.8, 4) is 0 Å². The van der Waals surface area contributed by atoms with Crippen LogP contribution in [0.1, 0.15) is 26.2 Å². The zero-order chi connectivity index (χ0) is 12.1. The molecule has 2 N–H and O–H groups in total. The molecule has 1 aliphatic rings. The summed E-state index contributed by atoms with van der Waals surface area (Å²) < 4.78 is 0. The molecular weight excluding hydrogens is 198 g/mol. The summed E-state index contributed by atoms with van der Waals surface area (Å²) in [4.78, 5) is 4.67. The van der Waals surface area contributed by atoms with Crippen LogP contribution < -0.4 is 5.73 Å². The number of hydrogen-bond acceptors (Lipinski definition) is 3. The molecule has 0 aromatic rings.